The van der Waals surface area contributed by atoms with Gasteiger partial charge in [0.05, 0.1) is 0 Å². The number of aromatic amines is 1. The zero-order chi connectivity index (χ0) is 18.0. The van der Waals surface area contributed by atoms with Crippen LogP contribution < -0.4 is 10.5 Å². The summed E-state index contributed by atoms with van der Waals surface area (Å²) in [4.78, 5) is 15.1. The van der Waals surface area contributed by atoms with Gasteiger partial charge in [-0.2, -0.15) is 0 Å². The largest absolute Gasteiger partial charge is 0.480 e. The molecular formula is C18H17ClN4O2. The molecule has 3 rings (SSSR count). The van der Waals surface area contributed by atoms with E-state index in [2.05, 4.69) is 15.2 Å². The summed E-state index contributed by atoms with van der Waals surface area (Å²) in [6, 6.07) is 12.7. The number of azo groups is 1. The lowest BCUT2D eigenvalue weighted by molar-refractivity contribution is -0.124. The second kappa shape index (κ2) is 6.94. The normalized spacial score (nSPS) is 12.6. The van der Waals surface area contributed by atoms with E-state index in [9.17, 15) is 4.79 Å². The van der Waals surface area contributed by atoms with Crippen molar-refractivity contribution in [3.63, 3.8) is 0 Å². The van der Waals surface area contributed by atoms with Crippen LogP contribution in [0.5, 0.6) is 5.75 Å². The van der Waals surface area contributed by atoms with Crippen molar-refractivity contribution in [3.05, 3.63) is 53.1 Å². The van der Waals surface area contributed by atoms with E-state index in [1.807, 2.05) is 31.2 Å². The molecule has 0 spiro atoms. The third kappa shape index (κ3) is 3.64. The number of hydrogen-bond acceptors (Lipinski definition) is 4. The molecule has 6 nitrogen and oxygen atoms in total. The van der Waals surface area contributed by atoms with Crippen LogP contribution in [-0.4, -0.2) is 17.0 Å². The van der Waals surface area contributed by atoms with E-state index in [4.69, 9.17) is 22.1 Å². The summed E-state index contributed by atoms with van der Waals surface area (Å²) in [5.41, 5.74) is 6.74. The summed E-state index contributed by atoms with van der Waals surface area (Å²) >= 11 is 5.91. The smallest absolute Gasteiger partial charge is 0.304 e. The van der Waals surface area contributed by atoms with E-state index >= 15 is 0 Å². The summed E-state index contributed by atoms with van der Waals surface area (Å²) in [5, 5.41) is 10.00. The lowest BCUT2D eigenvalue weighted by Gasteiger charge is -2.13. The van der Waals surface area contributed by atoms with Crippen LogP contribution in [0.3, 0.4) is 0 Å². The molecule has 0 unspecified atom stereocenters. The molecule has 2 aromatic carbocycles. The van der Waals surface area contributed by atoms with Crippen molar-refractivity contribution in [2.24, 2.45) is 10.2 Å². The molecule has 3 N–H and O–H groups in total. The number of nitrogens with two attached hydrogens (primary N) is 1. The molecule has 128 valence electrons. The Balaban J connectivity index is 1.75. The topological polar surface area (TPSA) is 92.8 Å². The number of benzene rings is 2. The first-order valence-corrected chi connectivity index (χ1v) is 8.08. The number of ether oxygens (including phenoxy) is 1. The Bertz CT molecular complexity index is 965. The number of aromatic nitrogens is 1. The molecule has 25 heavy (non-hydrogen) atoms. The van der Waals surface area contributed by atoms with Crippen LogP contribution in [0.25, 0.3) is 10.8 Å². The predicted octanol–water partition coefficient (Wildman–Crippen LogP) is 4.79. The summed E-state index contributed by atoms with van der Waals surface area (Å²) < 4.78 is 5.65. The van der Waals surface area contributed by atoms with Gasteiger partial charge in [0.2, 0.25) is 0 Å². The minimum Gasteiger partial charge on any atom is -0.480 e. The maximum Gasteiger partial charge on any atom is 0.304 e. The Labute approximate surface area is 149 Å². The van der Waals surface area contributed by atoms with Gasteiger partial charge in [0, 0.05) is 15.8 Å². The van der Waals surface area contributed by atoms with E-state index in [0.29, 0.717) is 22.4 Å². The van der Waals surface area contributed by atoms with Gasteiger partial charge >= 0.3 is 5.91 Å². The summed E-state index contributed by atoms with van der Waals surface area (Å²) in [6.45, 7) is 3.48. The SMILES string of the molecule is Cc1cc(Cl)ccc1O[C@@H](C)C(=O)N=Nc1[nH]c(N)c2ccccc12. The van der Waals surface area contributed by atoms with E-state index < -0.39 is 12.0 Å². The zero-order valence-electron chi connectivity index (χ0n) is 13.8. The number of amides is 1. The number of nitrogen functional groups attached to an aromatic ring is 1. The molecule has 0 aliphatic carbocycles. The molecule has 0 radical (unpaired) electrons. The molecular weight excluding hydrogens is 340 g/mol. The van der Waals surface area contributed by atoms with Gasteiger partial charge in [-0.05, 0) is 37.6 Å². The van der Waals surface area contributed by atoms with Gasteiger partial charge in [-0.25, -0.2) is 0 Å². The molecule has 7 heteroatoms. The minimum atomic E-state index is -0.776. The number of hydrogen-bond donors (Lipinski definition) is 2. The number of nitrogens with zero attached hydrogens (tertiary/aromatic N) is 2. The van der Waals surface area contributed by atoms with Gasteiger partial charge < -0.3 is 15.5 Å². The van der Waals surface area contributed by atoms with Crippen LogP contribution in [0.4, 0.5) is 11.6 Å². The van der Waals surface area contributed by atoms with E-state index in [0.717, 1.165) is 16.3 Å². The van der Waals surface area contributed by atoms with Crippen LogP contribution in [0.15, 0.2) is 52.7 Å². The van der Waals surface area contributed by atoms with Crippen LogP contribution >= 0.6 is 11.6 Å². The number of carbonyl (C=O) groups is 1. The monoisotopic (exact) mass is 356 g/mol. The highest BCUT2D eigenvalue weighted by Crippen LogP contribution is 2.30. The first-order chi connectivity index (χ1) is 12.0. The average Bonchev–Trinajstić information content (AvgIpc) is 2.91. The molecule has 0 bridgehead atoms. The molecule has 3 aromatic rings. The summed E-state index contributed by atoms with van der Waals surface area (Å²) in [5.74, 6) is 1.01. The molecule has 0 saturated carbocycles. The third-order valence-corrected chi connectivity index (χ3v) is 4.00. The second-order valence-corrected chi connectivity index (χ2v) is 6.08. The number of carbonyl (C=O) groups excluding carboxylic acids is 1. The second-order valence-electron chi connectivity index (χ2n) is 5.64. The first-order valence-electron chi connectivity index (χ1n) is 7.70. The van der Waals surface area contributed by atoms with E-state index in [-0.39, 0.29) is 0 Å². The minimum absolute atomic E-state index is 0.441. The number of rotatable bonds is 4. The number of fused-ring (bicyclic) bond motifs is 1. The molecule has 1 amide bonds. The molecule has 1 aromatic heterocycles. The third-order valence-electron chi connectivity index (χ3n) is 3.76. The van der Waals surface area contributed by atoms with Crippen LogP contribution in [0.2, 0.25) is 5.02 Å². The Hall–Kier alpha value is -2.86. The summed E-state index contributed by atoms with van der Waals surface area (Å²) in [7, 11) is 0. The van der Waals surface area contributed by atoms with Gasteiger partial charge in [0.1, 0.15) is 11.6 Å². The van der Waals surface area contributed by atoms with Gasteiger partial charge in [-0.1, -0.05) is 35.9 Å². The standard InChI is InChI=1S/C18H17ClN4O2/c1-10-9-12(19)7-8-15(10)25-11(2)18(24)23-22-17-14-6-4-3-5-13(14)16(20)21-17/h3-9,11,21H,20H2,1-2H3/t11-/m0/s1. The predicted molar refractivity (Wildman–Crippen MR) is 98.5 cm³/mol. The van der Waals surface area contributed by atoms with Gasteiger partial charge in [-0.15, -0.1) is 10.2 Å². The molecule has 0 aliphatic rings. The van der Waals surface area contributed by atoms with Gasteiger partial charge in [0.15, 0.2) is 11.9 Å². The maximum atomic E-state index is 12.2. The molecule has 1 heterocycles. The van der Waals surface area contributed by atoms with Crippen molar-refractivity contribution in [3.8, 4) is 5.75 Å². The lowest BCUT2D eigenvalue weighted by Crippen LogP contribution is -2.22. The Morgan fingerprint density at radius 3 is 2.68 bits per heavy atom. The Morgan fingerprint density at radius 2 is 1.96 bits per heavy atom. The average molecular weight is 357 g/mol. The number of halogens is 1. The van der Waals surface area contributed by atoms with Crippen molar-refractivity contribution in [1.82, 2.24) is 4.98 Å². The van der Waals surface area contributed by atoms with Crippen molar-refractivity contribution in [2.45, 2.75) is 20.0 Å². The maximum absolute atomic E-state index is 12.2. The fraction of sp³-hybridized carbons (Fsp3) is 0.167. The highest BCUT2D eigenvalue weighted by Gasteiger charge is 2.16. The zero-order valence-corrected chi connectivity index (χ0v) is 14.5. The quantitative estimate of drug-likeness (QED) is 0.658. The van der Waals surface area contributed by atoms with Crippen molar-refractivity contribution >= 4 is 39.9 Å². The lowest BCUT2D eigenvalue weighted by atomic mass is 10.2. The number of H-pyrrole nitrogens is 1. The number of aryl methyl sites for hydroxylation is 1. The first kappa shape index (κ1) is 17.0. The Morgan fingerprint density at radius 1 is 1.24 bits per heavy atom. The van der Waals surface area contributed by atoms with Crippen LogP contribution in [-0.2, 0) is 4.79 Å². The van der Waals surface area contributed by atoms with Gasteiger partial charge in [0.25, 0.3) is 0 Å². The van der Waals surface area contributed by atoms with Gasteiger partial charge in [-0.3, -0.25) is 4.79 Å². The molecule has 0 aliphatic heterocycles. The van der Waals surface area contributed by atoms with E-state index in [1.54, 1.807) is 25.1 Å². The molecule has 0 saturated heterocycles. The number of anilines is 1. The summed E-state index contributed by atoms with van der Waals surface area (Å²) in [6.07, 6.45) is -0.776. The molecule has 1 atom stereocenters. The fourth-order valence-corrected chi connectivity index (χ4v) is 2.66. The Kier molecular flexibility index (Phi) is 4.72. The fourth-order valence-electron chi connectivity index (χ4n) is 2.43. The van der Waals surface area contributed by atoms with Crippen LogP contribution in [0.1, 0.15) is 12.5 Å². The molecule has 0 fully saturated rings. The van der Waals surface area contributed by atoms with Crippen molar-refractivity contribution < 1.29 is 9.53 Å². The van der Waals surface area contributed by atoms with Crippen molar-refractivity contribution in [1.29, 1.82) is 0 Å². The highest BCUT2D eigenvalue weighted by atomic mass is 35.5. The number of nitrogens with one attached hydrogen (secondary N) is 1. The van der Waals surface area contributed by atoms with Crippen LogP contribution in [0, 0.1) is 6.92 Å². The van der Waals surface area contributed by atoms with Crippen molar-refractivity contribution in [2.75, 3.05) is 5.73 Å². The van der Waals surface area contributed by atoms with E-state index in [1.165, 1.54) is 0 Å². The highest BCUT2D eigenvalue weighted by molar-refractivity contribution is 6.30.